The van der Waals surface area contributed by atoms with Crippen LogP contribution in [0.3, 0.4) is 0 Å². The molecule has 1 fully saturated rings. The lowest BCUT2D eigenvalue weighted by atomic mass is 10.1. The zero-order chi connectivity index (χ0) is 22.5. The van der Waals surface area contributed by atoms with Gasteiger partial charge in [-0.15, -0.1) is 0 Å². The molecular formula is C25H30N4O2S. The Bertz CT molecular complexity index is 1060. The molecule has 3 aromatic rings. The van der Waals surface area contributed by atoms with E-state index in [0.29, 0.717) is 12.3 Å². The molecule has 1 aliphatic heterocycles. The van der Waals surface area contributed by atoms with E-state index < -0.39 is 0 Å². The highest BCUT2D eigenvalue weighted by Gasteiger charge is 2.15. The maximum absolute atomic E-state index is 12.8. The van der Waals surface area contributed by atoms with Gasteiger partial charge in [0.05, 0.1) is 24.7 Å². The largest absolute Gasteiger partial charge is 0.378 e. The van der Waals surface area contributed by atoms with Crippen LogP contribution < -0.4 is 4.90 Å². The highest BCUT2D eigenvalue weighted by Crippen LogP contribution is 2.24. The van der Waals surface area contributed by atoms with Crippen molar-refractivity contribution in [2.24, 2.45) is 0 Å². The second kappa shape index (κ2) is 10.2. The summed E-state index contributed by atoms with van der Waals surface area (Å²) in [5, 5.41) is 0.829. The average molecular weight is 451 g/mol. The van der Waals surface area contributed by atoms with E-state index >= 15 is 0 Å². The van der Waals surface area contributed by atoms with Gasteiger partial charge >= 0.3 is 0 Å². The molecule has 0 radical (unpaired) electrons. The molecule has 0 saturated carbocycles. The molecule has 0 aliphatic carbocycles. The Morgan fingerprint density at radius 2 is 1.88 bits per heavy atom. The van der Waals surface area contributed by atoms with Gasteiger partial charge in [-0.05, 0) is 48.7 Å². The van der Waals surface area contributed by atoms with E-state index in [1.54, 1.807) is 11.1 Å². The van der Waals surface area contributed by atoms with E-state index in [0.717, 1.165) is 42.7 Å². The maximum Gasteiger partial charge on any atom is 0.233 e. The highest BCUT2D eigenvalue weighted by atomic mass is 32.2. The van der Waals surface area contributed by atoms with E-state index in [1.165, 1.54) is 28.6 Å². The zero-order valence-electron chi connectivity index (χ0n) is 19.0. The summed E-state index contributed by atoms with van der Waals surface area (Å²) in [6, 6.07) is 14.7. The molecule has 168 valence electrons. The van der Waals surface area contributed by atoms with Gasteiger partial charge < -0.3 is 14.5 Å². The van der Waals surface area contributed by atoms with Crippen LogP contribution in [-0.2, 0) is 16.1 Å². The van der Waals surface area contributed by atoms with Gasteiger partial charge in [-0.3, -0.25) is 9.36 Å². The monoisotopic (exact) mass is 450 g/mol. The lowest BCUT2D eigenvalue weighted by molar-refractivity contribution is -0.127. The molecule has 1 aliphatic rings. The number of carbonyl (C=O) groups excluding carboxylic acids is 1. The summed E-state index contributed by atoms with van der Waals surface area (Å²) >= 11 is 1.47. The summed E-state index contributed by atoms with van der Waals surface area (Å²) in [4.78, 5) is 21.4. The van der Waals surface area contributed by atoms with Crippen molar-refractivity contribution in [3.63, 3.8) is 0 Å². The summed E-state index contributed by atoms with van der Waals surface area (Å²) in [5.41, 5.74) is 5.89. The summed E-state index contributed by atoms with van der Waals surface area (Å²) < 4.78 is 7.48. The maximum atomic E-state index is 12.8. The van der Waals surface area contributed by atoms with E-state index in [2.05, 4.69) is 70.8 Å². The van der Waals surface area contributed by atoms with Crippen LogP contribution in [0.4, 0.5) is 5.69 Å². The van der Waals surface area contributed by atoms with Crippen LogP contribution in [0.1, 0.15) is 16.7 Å². The first kappa shape index (κ1) is 22.4. The average Bonchev–Trinajstić information content (AvgIpc) is 3.28. The topological polar surface area (TPSA) is 50.6 Å². The molecule has 6 nitrogen and oxygen atoms in total. The number of anilines is 1. The van der Waals surface area contributed by atoms with Crippen molar-refractivity contribution in [1.29, 1.82) is 0 Å². The van der Waals surface area contributed by atoms with Crippen LogP contribution in [0.5, 0.6) is 0 Å². The lowest BCUT2D eigenvalue weighted by Gasteiger charge is -2.29. The number of hydrogen-bond acceptors (Lipinski definition) is 5. The molecule has 32 heavy (non-hydrogen) atoms. The van der Waals surface area contributed by atoms with Gasteiger partial charge in [0, 0.05) is 44.8 Å². The fourth-order valence-electron chi connectivity index (χ4n) is 3.81. The molecule has 2 aromatic carbocycles. The minimum absolute atomic E-state index is 0.0859. The summed E-state index contributed by atoms with van der Waals surface area (Å²) in [6.07, 6.45) is 3.74. The fourth-order valence-corrected chi connectivity index (χ4v) is 4.72. The Morgan fingerprint density at radius 3 is 2.62 bits per heavy atom. The molecule has 1 aromatic heterocycles. The highest BCUT2D eigenvalue weighted by molar-refractivity contribution is 7.99. The first-order valence-electron chi connectivity index (χ1n) is 10.9. The Balaban J connectivity index is 1.34. The van der Waals surface area contributed by atoms with Crippen molar-refractivity contribution in [2.45, 2.75) is 25.5 Å². The number of thioether (sulfide) groups is 1. The zero-order valence-corrected chi connectivity index (χ0v) is 19.8. The molecule has 0 bridgehead atoms. The number of imidazole rings is 1. The first-order chi connectivity index (χ1) is 15.5. The number of ether oxygens (including phenoxy) is 1. The Kier molecular flexibility index (Phi) is 7.17. The molecule has 4 rings (SSSR count). The number of aromatic nitrogens is 2. The van der Waals surface area contributed by atoms with Crippen molar-refractivity contribution in [3.05, 3.63) is 71.5 Å². The minimum Gasteiger partial charge on any atom is -0.378 e. The lowest BCUT2D eigenvalue weighted by Crippen LogP contribution is -2.36. The molecule has 0 atom stereocenters. The van der Waals surface area contributed by atoms with Crippen LogP contribution in [0.25, 0.3) is 5.69 Å². The van der Waals surface area contributed by atoms with Crippen molar-refractivity contribution in [2.75, 3.05) is 44.0 Å². The standard InChI is InChI=1S/C25H30N4O2S/c1-19-5-4-6-23(20(19)2)29-12-11-26-25(29)32-18-24(30)27(3)17-21-7-9-22(10-8-21)28-13-15-31-16-14-28/h4-12H,13-18H2,1-3H3. The number of benzene rings is 2. The molecule has 2 heterocycles. The van der Waals surface area contributed by atoms with E-state index in [9.17, 15) is 4.79 Å². The van der Waals surface area contributed by atoms with Crippen molar-refractivity contribution < 1.29 is 9.53 Å². The fraction of sp³-hybridized carbons (Fsp3) is 0.360. The second-order valence-electron chi connectivity index (χ2n) is 8.10. The number of amides is 1. The van der Waals surface area contributed by atoms with Crippen molar-refractivity contribution in [1.82, 2.24) is 14.5 Å². The third-order valence-electron chi connectivity index (χ3n) is 5.93. The Labute approximate surface area is 194 Å². The van der Waals surface area contributed by atoms with Crippen LogP contribution in [0.15, 0.2) is 60.0 Å². The molecule has 0 spiro atoms. The molecule has 0 unspecified atom stereocenters. The minimum atomic E-state index is 0.0859. The van der Waals surface area contributed by atoms with Gasteiger partial charge in [0.25, 0.3) is 0 Å². The van der Waals surface area contributed by atoms with Gasteiger partial charge in [-0.1, -0.05) is 36.0 Å². The summed E-state index contributed by atoms with van der Waals surface area (Å²) in [5.74, 6) is 0.437. The van der Waals surface area contributed by atoms with E-state index in [4.69, 9.17) is 4.74 Å². The number of aryl methyl sites for hydroxylation is 1. The molecule has 7 heteroatoms. The Hall–Kier alpha value is -2.77. The third kappa shape index (κ3) is 5.16. The molecular weight excluding hydrogens is 420 g/mol. The smallest absolute Gasteiger partial charge is 0.233 e. The number of morpholine rings is 1. The Morgan fingerprint density at radius 1 is 1.12 bits per heavy atom. The quantitative estimate of drug-likeness (QED) is 0.508. The normalized spacial score (nSPS) is 13.9. The summed E-state index contributed by atoms with van der Waals surface area (Å²) in [7, 11) is 1.86. The summed E-state index contributed by atoms with van der Waals surface area (Å²) in [6.45, 7) is 8.21. The molecule has 1 amide bonds. The SMILES string of the molecule is Cc1cccc(-n2ccnc2SCC(=O)N(C)Cc2ccc(N3CCOCC3)cc2)c1C. The van der Waals surface area contributed by atoms with E-state index in [-0.39, 0.29) is 5.91 Å². The van der Waals surface area contributed by atoms with Gasteiger partial charge in [-0.25, -0.2) is 4.98 Å². The predicted molar refractivity (Wildman–Crippen MR) is 130 cm³/mol. The van der Waals surface area contributed by atoms with Crippen LogP contribution in [0.2, 0.25) is 0 Å². The second-order valence-corrected chi connectivity index (χ2v) is 9.05. The van der Waals surface area contributed by atoms with E-state index in [1.807, 2.05) is 13.2 Å². The van der Waals surface area contributed by atoms with Crippen LogP contribution >= 0.6 is 11.8 Å². The van der Waals surface area contributed by atoms with Crippen LogP contribution in [0, 0.1) is 13.8 Å². The molecule has 1 saturated heterocycles. The van der Waals surface area contributed by atoms with Gasteiger partial charge in [-0.2, -0.15) is 0 Å². The predicted octanol–water partition coefficient (Wildman–Crippen LogP) is 4.08. The van der Waals surface area contributed by atoms with Crippen molar-refractivity contribution >= 4 is 23.4 Å². The number of nitrogens with zero attached hydrogens (tertiary/aromatic N) is 4. The number of rotatable bonds is 7. The number of hydrogen-bond donors (Lipinski definition) is 0. The van der Waals surface area contributed by atoms with Gasteiger partial charge in [0.2, 0.25) is 5.91 Å². The first-order valence-corrected chi connectivity index (χ1v) is 11.9. The van der Waals surface area contributed by atoms with Crippen LogP contribution in [-0.4, -0.2) is 59.5 Å². The number of carbonyl (C=O) groups is 1. The van der Waals surface area contributed by atoms with Gasteiger partial charge in [0.15, 0.2) is 5.16 Å². The third-order valence-corrected chi connectivity index (χ3v) is 6.88. The van der Waals surface area contributed by atoms with Crippen molar-refractivity contribution in [3.8, 4) is 5.69 Å². The van der Waals surface area contributed by atoms with Gasteiger partial charge in [0.1, 0.15) is 0 Å². The molecule has 0 N–H and O–H groups in total.